The second-order valence-corrected chi connectivity index (χ2v) is 6.78. The number of hydrogen-bond acceptors (Lipinski definition) is 6. The van der Waals surface area contributed by atoms with Crippen molar-refractivity contribution in [2.75, 3.05) is 0 Å². The highest BCUT2D eigenvalue weighted by atomic mass is 32.1. The van der Waals surface area contributed by atoms with Crippen LogP contribution < -0.4 is 4.74 Å². The highest BCUT2D eigenvalue weighted by molar-refractivity contribution is 7.17. The standard InChI is InChI=1S/C20H14N4OS/c1-12-11-23-24-13(2)18(12)17-4-3-16(9-15(17)10-21)25-20-19-14(5-7-22-20)6-8-26-19/h3-9,11H,1-2H3. The zero-order chi connectivity index (χ0) is 18.1. The molecule has 1 aromatic carbocycles. The smallest absolute Gasteiger partial charge is 0.237 e. The summed E-state index contributed by atoms with van der Waals surface area (Å²) in [5, 5.41) is 20.8. The fourth-order valence-electron chi connectivity index (χ4n) is 2.96. The van der Waals surface area contributed by atoms with Gasteiger partial charge in [0.15, 0.2) is 0 Å². The van der Waals surface area contributed by atoms with Crippen molar-refractivity contribution in [1.82, 2.24) is 15.2 Å². The molecule has 26 heavy (non-hydrogen) atoms. The Labute approximate surface area is 154 Å². The average molecular weight is 358 g/mol. The minimum atomic E-state index is 0.528. The third-order valence-corrected chi connectivity index (χ3v) is 5.06. The summed E-state index contributed by atoms with van der Waals surface area (Å²) >= 11 is 1.58. The molecule has 0 saturated carbocycles. The van der Waals surface area contributed by atoms with Crippen LogP contribution in [0.2, 0.25) is 0 Å². The van der Waals surface area contributed by atoms with E-state index in [0.29, 0.717) is 17.2 Å². The molecule has 3 aromatic heterocycles. The third kappa shape index (κ3) is 2.79. The van der Waals surface area contributed by atoms with Crippen LogP contribution in [0.15, 0.2) is 48.1 Å². The van der Waals surface area contributed by atoms with Gasteiger partial charge < -0.3 is 4.74 Å². The van der Waals surface area contributed by atoms with Crippen LogP contribution in [0.3, 0.4) is 0 Å². The van der Waals surface area contributed by atoms with Crippen LogP contribution in [0, 0.1) is 25.2 Å². The molecule has 0 saturated heterocycles. The molecule has 126 valence electrons. The lowest BCUT2D eigenvalue weighted by Gasteiger charge is -2.12. The van der Waals surface area contributed by atoms with Crippen LogP contribution in [-0.4, -0.2) is 15.2 Å². The number of hydrogen-bond donors (Lipinski definition) is 0. The van der Waals surface area contributed by atoms with Crippen molar-refractivity contribution in [3.05, 3.63) is 64.9 Å². The lowest BCUT2D eigenvalue weighted by Crippen LogP contribution is -1.97. The number of rotatable bonds is 3. The maximum Gasteiger partial charge on any atom is 0.237 e. The molecule has 3 heterocycles. The van der Waals surface area contributed by atoms with Crippen LogP contribution in [0.4, 0.5) is 0 Å². The van der Waals surface area contributed by atoms with Gasteiger partial charge in [-0.15, -0.1) is 11.3 Å². The zero-order valence-corrected chi connectivity index (χ0v) is 15.0. The van der Waals surface area contributed by atoms with Gasteiger partial charge in [0.1, 0.15) is 5.75 Å². The van der Waals surface area contributed by atoms with Gasteiger partial charge in [-0.1, -0.05) is 0 Å². The lowest BCUT2D eigenvalue weighted by molar-refractivity contribution is 0.470. The molecular weight excluding hydrogens is 344 g/mol. The quantitative estimate of drug-likeness (QED) is 0.513. The van der Waals surface area contributed by atoms with Crippen LogP contribution in [0.5, 0.6) is 11.6 Å². The van der Waals surface area contributed by atoms with E-state index in [9.17, 15) is 5.26 Å². The zero-order valence-electron chi connectivity index (χ0n) is 14.2. The molecule has 4 aromatic rings. The Morgan fingerprint density at radius 1 is 1.15 bits per heavy atom. The topological polar surface area (TPSA) is 71.7 Å². The molecular formula is C20H14N4OS. The first kappa shape index (κ1) is 16.2. The highest BCUT2D eigenvalue weighted by Crippen LogP contribution is 2.35. The minimum absolute atomic E-state index is 0.528. The Kier molecular flexibility index (Phi) is 4.07. The monoisotopic (exact) mass is 358 g/mol. The molecule has 0 unspecified atom stereocenters. The van der Waals surface area contributed by atoms with E-state index in [1.54, 1.807) is 29.8 Å². The predicted molar refractivity (Wildman–Crippen MR) is 101 cm³/mol. The van der Waals surface area contributed by atoms with Crippen molar-refractivity contribution in [2.45, 2.75) is 13.8 Å². The molecule has 0 radical (unpaired) electrons. The van der Waals surface area contributed by atoms with E-state index < -0.39 is 0 Å². The molecule has 0 aliphatic rings. The van der Waals surface area contributed by atoms with E-state index in [2.05, 4.69) is 21.3 Å². The van der Waals surface area contributed by atoms with E-state index in [4.69, 9.17) is 4.74 Å². The van der Waals surface area contributed by atoms with E-state index in [0.717, 1.165) is 32.5 Å². The van der Waals surface area contributed by atoms with E-state index in [-0.39, 0.29) is 0 Å². The van der Waals surface area contributed by atoms with E-state index in [1.165, 1.54) is 0 Å². The maximum absolute atomic E-state index is 9.64. The summed E-state index contributed by atoms with van der Waals surface area (Å²) in [5.41, 5.74) is 4.06. The van der Waals surface area contributed by atoms with Gasteiger partial charge in [-0.25, -0.2) is 4.98 Å². The van der Waals surface area contributed by atoms with Gasteiger partial charge in [0.2, 0.25) is 5.88 Å². The van der Waals surface area contributed by atoms with Crippen molar-refractivity contribution in [3.8, 4) is 28.8 Å². The molecule has 0 spiro atoms. The molecule has 0 atom stereocenters. The average Bonchev–Trinajstić information content (AvgIpc) is 3.12. The molecule has 4 rings (SSSR count). The van der Waals surface area contributed by atoms with Crippen LogP contribution >= 0.6 is 11.3 Å². The summed E-state index contributed by atoms with van der Waals surface area (Å²) in [6, 6.07) is 11.7. The lowest BCUT2D eigenvalue weighted by atomic mass is 9.96. The Hall–Kier alpha value is -3.30. The summed E-state index contributed by atoms with van der Waals surface area (Å²) in [7, 11) is 0. The van der Waals surface area contributed by atoms with Gasteiger partial charge in [-0.2, -0.15) is 15.5 Å². The number of nitrogens with zero attached hydrogens (tertiary/aromatic N) is 4. The third-order valence-electron chi connectivity index (χ3n) is 4.15. The van der Waals surface area contributed by atoms with E-state index in [1.807, 2.05) is 43.5 Å². The summed E-state index contributed by atoms with van der Waals surface area (Å²) in [6.07, 6.45) is 3.43. The number of aryl methyl sites for hydroxylation is 2. The maximum atomic E-state index is 9.64. The highest BCUT2D eigenvalue weighted by Gasteiger charge is 2.14. The number of benzene rings is 1. The molecule has 0 aliphatic heterocycles. The molecule has 0 amide bonds. The Morgan fingerprint density at radius 3 is 2.85 bits per heavy atom. The molecule has 6 heteroatoms. The van der Waals surface area contributed by atoms with E-state index >= 15 is 0 Å². The summed E-state index contributed by atoms with van der Waals surface area (Å²) in [4.78, 5) is 4.33. The molecule has 0 aliphatic carbocycles. The Balaban J connectivity index is 1.77. The van der Waals surface area contributed by atoms with Crippen molar-refractivity contribution < 1.29 is 4.74 Å². The molecule has 0 fully saturated rings. The van der Waals surface area contributed by atoms with Crippen molar-refractivity contribution >= 4 is 21.4 Å². The number of aromatic nitrogens is 3. The van der Waals surface area contributed by atoms with Crippen LogP contribution in [0.1, 0.15) is 16.8 Å². The second kappa shape index (κ2) is 6.54. The van der Waals surface area contributed by atoms with Gasteiger partial charge in [0.25, 0.3) is 0 Å². The Bertz CT molecular complexity index is 1140. The number of thiophene rings is 1. The first-order valence-electron chi connectivity index (χ1n) is 8.01. The second-order valence-electron chi connectivity index (χ2n) is 5.86. The number of nitriles is 1. The first-order valence-corrected chi connectivity index (χ1v) is 8.89. The molecule has 5 nitrogen and oxygen atoms in total. The van der Waals surface area contributed by atoms with Gasteiger partial charge in [0.05, 0.1) is 28.2 Å². The first-order chi connectivity index (χ1) is 12.7. The Morgan fingerprint density at radius 2 is 2.04 bits per heavy atom. The van der Waals surface area contributed by atoms with Crippen molar-refractivity contribution in [3.63, 3.8) is 0 Å². The number of fused-ring (bicyclic) bond motifs is 1. The summed E-state index contributed by atoms with van der Waals surface area (Å²) in [5.74, 6) is 1.13. The number of pyridine rings is 1. The number of ether oxygens (including phenoxy) is 1. The van der Waals surface area contributed by atoms with Crippen molar-refractivity contribution in [1.29, 1.82) is 5.26 Å². The fourth-order valence-corrected chi connectivity index (χ4v) is 3.78. The normalized spacial score (nSPS) is 10.7. The van der Waals surface area contributed by atoms with Gasteiger partial charge >= 0.3 is 0 Å². The van der Waals surface area contributed by atoms with Crippen LogP contribution in [0.25, 0.3) is 21.2 Å². The van der Waals surface area contributed by atoms with Crippen LogP contribution in [-0.2, 0) is 0 Å². The fraction of sp³-hybridized carbons (Fsp3) is 0.100. The summed E-state index contributed by atoms with van der Waals surface area (Å²) < 4.78 is 6.95. The minimum Gasteiger partial charge on any atom is -0.438 e. The van der Waals surface area contributed by atoms with Gasteiger partial charge in [-0.3, -0.25) is 0 Å². The largest absolute Gasteiger partial charge is 0.438 e. The SMILES string of the molecule is Cc1cnnc(C)c1-c1ccc(Oc2nccc3ccsc23)cc1C#N. The van der Waals surface area contributed by atoms with Gasteiger partial charge in [-0.05, 0) is 60.5 Å². The van der Waals surface area contributed by atoms with Crippen molar-refractivity contribution in [2.24, 2.45) is 0 Å². The predicted octanol–water partition coefficient (Wildman–Crippen LogP) is 5.03. The van der Waals surface area contributed by atoms with Gasteiger partial charge in [0, 0.05) is 17.3 Å². The molecule has 0 bridgehead atoms. The molecule has 0 N–H and O–H groups in total. The summed E-state index contributed by atoms with van der Waals surface area (Å²) in [6.45, 7) is 3.85.